The third kappa shape index (κ3) is 2.70. The van der Waals surface area contributed by atoms with E-state index in [-0.39, 0.29) is 0 Å². The van der Waals surface area contributed by atoms with Gasteiger partial charge in [-0.3, -0.25) is 0 Å². The van der Waals surface area contributed by atoms with Crippen molar-refractivity contribution in [2.45, 2.75) is 0 Å². The molecule has 0 heterocycles. The Morgan fingerprint density at radius 3 is 2.06 bits per heavy atom. The molecule has 0 aliphatic heterocycles. The van der Waals surface area contributed by atoms with E-state index in [4.69, 9.17) is 51.1 Å². The quantitative estimate of drug-likeness (QED) is 0.618. The highest BCUT2D eigenvalue weighted by Gasteiger charge is 2.11. The fourth-order valence-electron chi connectivity index (χ4n) is 1.62. The SMILES string of the molecule is COc1ccc(Cl)cc1-c1cc(Cl)c(Cl)c(Cl)c1. The molecule has 0 unspecified atom stereocenters. The van der Waals surface area contributed by atoms with Gasteiger partial charge in [0.2, 0.25) is 0 Å². The Bertz CT molecular complexity index is 573. The lowest BCUT2D eigenvalue weighted by molar-refractivity contribution is 0.416. The average Bonchev–Trinajstić information content (AvgIpc) is 2.35. The standard InChI is InChI=1S/C13H8Cl4O/c1-18-12-3-2-8(14)6-9(12)7-4-10(15)13(17)11(16)5-7/h2-6H,1H3. The van der Waals surface area contributed by atoms with E-state index >= 15 is 0 Å². The third-order valence-electron chi connectivity index (χ3n) is 2.46. The number of hydrogen-bond donors (Lipinski definition) is 0. The molecule has 0 spiro atoms. The largest absolute Gasteiger partial charge is 0.496 e. The number of rotatable bonds is 2. The van der Waals surface area contributed by atoms with Gasteiger partial charge in [-0.25, -0.2) is 0 Å². The topological polar surface area (TPSA) is 9.23 Å². The predicted molar refractivity (Wildman–Crippen MR) is 78.5 cm³/mol. The highest BCUT2D eigenvalue weighted by molar-refractivity contribution is 6.48. The monoisotopic (exact) mass is 320 g/mol. The van der Waals surface area contributed by atoms with Crippen LogP contribution < -0.4 is 4.74 Å². The summed E-state index contributed by atoms with van der Waals surface area (Å²) < 4.78 is 5.29. The Balaban J connectivity index is 2.65. The highest BCUT2D eigenvalue weighted by Crippen LogP contribution is 2.39. The van der Waals surface area contributed by atoms with E-state index in [0.717, 1.165) is 11.1 Å². The first kappa shape index (κ1) is 13.8. The summed E-state index contributed by atoms with van der Waals surface area (Å²) in [6, 6.07) is 8.78. The average molecular weight is 322 g/mol. The zero-order valence-electron chi connectivity index (χ0n) is 9.31. The first-order chi connectivity index (χ1) is 8.52. The Morgan fingerprint density at radius 2 is 1.50 bits per heavy atom. The van der Waals surface area contributed by atoms with Gasteiger partial charge in [-0.1, -0.05) is 46.4 Å². The molecule has 0 aromatic heterocycles. The predicted octanol–water partition coefficient (Wildman–Crippen LogP) is 5.98. The Kier molecular flexibility index (Phi) is 4.29. The second-order valence-electron chi connectivity index (χ2n) is 3.60. The van der Waals surface area contributed by atoms with Crippen LogP contribution >= 0.6 is 46.4 Å². The molecule has 94 valence electrons. The van der Waals surface area contributed by atoms with Gasteiger partial charge >= 0.3 is 0 Å². The van der Waals surface area contributed by atoms with Gasteiger partial charge in [0, 0.05) is 10.6 Å². The van der Waals surface area contributed by atoms with Crippen molar-refractivity contribution in [1.29, 1.82) is 0 Å². The lowest BCUT2D eigenvalue weighted by Gasteiger charge is -2.11. The summed E-state index contributed by atoms with van der Waals surface area (Å²) in [5.41, 5.74) is 1.61. The van der Waals surface area contributed by atoms with E-state index in [0.29, 0.717) is 25.8 Å². The number of ether oxygens (including phenoxy) is 1. The molecule has 0 radical (unpaired) electrons. The molecule has 2 rings (SSSR count). The summed E-state index contributed by atoms with van der Waals surface area (Å²) in [4.78, 5) is 0. The van der Waals surface area contributed by atoms with Crippen LogP contribution in [0.2, 0.25) is 20.1 Å². The van der Waals surface area contributed by atoms with Crippen LogP contribution in [0.15, 0.2) is 30.3 Å². The zero-order chi connectivity index (χ0) is 13.3. The summed E-state index contributed by atoms with van der Waals surface area (Å²) in [5.74, 6) is 0.689. The van der Waals surface area contributed by atoms with E-state index in [1.807, 2.05) is 0 Å². The van der Waals surface area contributed by atoms with E-state index < -0.39 is 0 Å². The number of halogens is 4. The minimum absolute atomic E-state index is 0.336. The van der Waals surface area contributed by atoms with E-state index in [9.17, 15) is 0 Å². The van der Waals surface area contributed by atoms with Crippen LogP contribution in [0.25, 0.3) is 11.1 Å². The maximum absolute atomic E-state index is 6.01. The first-order valence-electron chi connectivity index (χ1n) is 5.01. The maximum atomic E-state index is 6.01. The molecule has 0 fully saturated rings. The second-order valence-corrected chi connectivity index (χ2v) is 5.23. The smallest absolute Gasteiger partial charge is 0.126 e. The van der Waals surface area contributed by atoms with Crippen molar-refractivity contribution in [3.8, 4) is 16.9 Å². The van der Waals surface area contributed by atoms with Crippen LogP contribution in [0.3, 0.4) is 0 Å². The molecule has 2 aromatic carbocycles. The summed E-state index contributed by atoms with van der Waals surface area (Å²) in [5, 5.41) is 1.72. The van der Waals surface area contributed by atoms with Crippen molar-refractivity contribution in [2.75, 3.05) is 7.11 Å². The van der Waals surface area contributed by atoms with Gasteiger partial charge in [0.05, 0.1) is 22.2 Å². The molecule has 0 N–H and O–H groups in total. The van der Waals surface area contributed by atoms with Crippen LogP contribution in [0.4, 0.5) is 0 Å². The number of methoxy groups -OCH3 is 1. The summed E-state index contributed by atoms with van der Waals surface area (Å²) in [7, 11) is 1.59. The minimum Gasteiger partial charge on any atom is -0.496 e. The van der Waals surface area contributed by atoms with Crippen LogP contribution in [-0.2, 0) is 0 Å². The van der Waals surface area contributed by atoms with E-state index in [2.05, 4.69) is 0 Å². The molecule has 0 saturated carbocycles. The van der Waals surface area contributed by atoms with Gasteiger partial charge in [0.1, 0.15) is 5.75 Å². The lowest BCUT2D eigenvalue weighted by Crippen LogP contribution is -1.88. The molecule has 0 aliphatic carbocycles. The lowest BCUT2D eigenvalue weighted by atomic mass is 10.0. The van der Waals surface area contributed by atoms with Crippen molar-refractivity contribution < 1.29 is 4.74 Å². The van der Waals surface area contributed by atoms with Gasteiger partial charge in [0.15, 0.2) is 0 Å². The number of benzene rings is 2. The molecule has 0 atom stereocenters. The van der Waals surface area contributed by atoms with Gasteiger partial charge < -0.3 is 4.74 Å². The van der Waals surface area contributed by atoms with Crippen LogP contribution in [-0.4, -0.2) is 7.11 Å². The van der Waals surface area contributed by atoms with Gasteiger partial charge in [-0.05, 0) is 35.9 Å². The maximum Gasteiger partial charge on any atom is 0.126 e. The number of hydrogen-bond acceptors (Lipinski definition) is 1. The van der Waals surface area contributed by atoms with Crippen molar-refractivity contribution in [3.63, 3.8) is 0 Å². The molecule has 18 heavy (non-hydrogen) atoms. The van der Waals surface area contributed by atoms with Crippen molar-refractivity contribution in [2.24, 2.45) is 0 Å². The molecular formula is C13H8Cl4O. The van der Waals surface area contributed by atoms with Crippen LogP contribution in [0.5, 0.6) is 5.75 Å². The Labute approximate surface area is 125 Å². The highest BCUT2D eigenvalue weighted by atomic mass is 35.5. The van der Waals surface area contributed by atoms with Gasteiger partial charge in [-0.15, -0.1) is 0 Å². The fourth-order valence-corrected chi connectivity index (χ4v) is 2.39. The van der Waals surface area contributed by atoms with Crippen LogP contribution in [0, 0.1) is 0 Å². The van der Waals surface area contributed by atoms with Crippen molar-refractivity contribution in [3.05, 3.63) is 50.4 Å². The van der Waals surface area contributed by atoms with Crippen molar-refractivity contribution >= 4 is 46.4 Å². The molecule has 0 amide bonds. The first-order valence-corrected chi connectivity index (χ1v) is 6.52. The normalized spacial score (nSPS) is 10.5. The van der Waals surface area contributed by atoms with Gasteiger partial charge in [-0.2, -0.15) is 0 Å². The molecule has 0 bridgehead atoms. The molecule has 0 saturated heterocycles. The molecule has 0 aliphatic rings. The van der Waals surface area contributed by atoms with Crippen molar-refractivity contribution in [1.82, 2.24) is 0 Å². The zero-order valence-corrected chi connectivity index (χ0v) is 12.3. The fraction of sp³-hybridized carbons (Fsp3) is 0.0769. The van der Waals surface area contributed by atoms with E-state index in [1.165, 1.54) is 0 Å². The summed E-state index contributed by atoms with van der Waals surface area (Å²) >= 11 is 23.9. The van der Waals surface area contributed by atoms with Crippen LogP contribution in [0.1, 0.15) is 0 Å². The molecular weight excluding hydrogens is 314 g/mol. The molecule has 2 aromatic rings. The second kappa shape index (κ2) is 5.58. The Hall–Kier alpha value is -0.600. The summed E-state index contributed by atoms with van der Waals surface area (Å²) in [6.45, 7) is 0. The third-order valence-corrected chi connectivity index (χ3v) is 3.89. The minimum atomic E-state index is 0.336. The molecule has 1 nitrogen and oxygen atoms in total. The Morgan fingerprint density at radius 1 is 0.889 bits per heavy atom. The van der Waals surface area contributed by atoms with E-state index in [1.54, 1.807) is 37.4 Å². The summed E-state index contributed by atoms with van der Waals surface area (Å²) in [6.07, 6.45) is 0. The molecule has 5 heteroatoms. The van der Waals surface area contributed by atoms with Gasteiger partial charge in [0.25, 0.3) is 0 Å².